The van der Waals surface area contributed by atoms with Gasteiger partial charge in [0.05, 0.1) is 0 Å². The quantitative estimate of drug-likeness (QED) is 0.930. The van der Waals surface area contributed by atoms with Gasteiger partial charge in [-0.25, -0.2) is 0 Å². The molecule has 2 nitrogen and oxygen atoms in total. The van der Waals surface area contributed by atoms with Gasteiger partial charge in [0.2, 0.25) is 0 Å². The lowest BCUT2D eigenvalue weighted by molar-refractivity contribution is 0.166. The van der Waals surface area contributed by atoms with Gasteiger partial charge in [-0.05, 0) is 66.1 Å². The fourth-order valence-corrected chi connectivity index (χ4v) is 3.80. The van der Waals surface area contributed by atoms with Gasteiger partial charge in [0.25, 0.3) is 0 Å². The Hall–Kier alpha value is 0.100. The van der Waals surface area contributed by atoms with Gasteiger partial charge in [-0.3, -0.25) is 4.90 Å². The standard InChI is InChI=1S/C12H19BrN2S/c1-9(14)10-2-5-15(6-3-10)8-12-11(13)4-7-16-12/h4,7,9-10H,2-3,5-6,8,14H2,1H3. The highest BCUT2D eigenvalue weighted by molar-refractivity contribution is 9.10. The first-order valence-electron chi connectivity index (χ1n) is 5.86. The SMILES string of the molecule is CC(N)C1CCN(Cc2sccc2Br)CC1. The van der Waals surface area contributed by atoms with Gasteiger partial charge in [-0.1, -0.05) is 0 Å². The van der Waals surface area contributed by atoms with Crippen LogP contribution in [0.2, 0.25) is 0 Å². The summed E-state index contributed by atoms with van der Waals surface area (Å²) in [5, 5.41) is 2.15. The van der Waals surface area contributed by atoms with E-state index in [1.807, 2.05) is 11.3 Å². The molecule has 2 rings (SSSR count). The summed E-state index contributed by atoms with van der Waals surface area (Å²) in [7, 11) is 0. The van der Waals surface area contributed by atoms with Crippen LogP contribution in [0.3, 0.4) is 0 Å². The Morgan fingerprint density at radius 3 is 2.75 bits per heavy atom. The molecule has 1 aliphatic heterocycles. The number of likely N-dealkylation sites (tertiary alicyclic amines) is 1. The smallest absolute Gasteiger partial charge is 0.0339 e. The number of halogens is 1. The van der Waals surface area contributed by atoms with Crippen molar-refractivity contribution in [1.29, 1.82) is 0 Å². The van der Waals surface area contributed by atoms with Crippen LogP contribution < -0.4 is 5.73 Å². The minimum Gasteiger partial charge on any atom is -0.328 e. The zero-order valence-electron chi connectivity index (χ0n) is 9.66. The number of nitrogens with two attached hydrogens (primary N) is 1. The molecule has 2 N–H and O–H groups in total. The van der Waals surface area contributed by atoms with Gasteiger partial charge in [0.15, 0.2) is 0 Å². The maximum Gasteiger partial charge on any atom is 0.0339 e. The van der Waals surface area contributed by atoms with Crippen molar-refractivity contribution in [2.75, 3.05) is 13.1 Å². The lowest BCUT2D eigenvalue weighted by Gasteiger charge is -2.33. The molecule has 90 valence electrons. The Labute approximate surface area is 110 Å². The number of piperidine rings is 1. The summed E-state index contributed by atoms with van der Waals surface area (Å²) in [5.74, 6) is 0.725. The maximum absolute atomic E-state index is 5.95. The molecule has 4 heteroatoms. The number of hydrogen-bond acceptors (Lipinski definition) is 3. The molecule has 2 heterocycles. The predicted octanol–water partition coefficient (Wildman–Crippen LogP) is 3.07. The zero-order valence-corrected chi connectivity index (χ0v) is 12.1. The van der Waals surface area contributed by atoms with Crippen molar-refractivity contribution in [3.8, 4) is 0 Å². The minimum absolute atomic E-state index is 0.357. The fraction of sp³-hybridized carbons (Fsp3) is 0.667. The second-order valence-electron chi connectivity index (χ2n) is 4.66. The van der Waals surface area contributed by atoms with Crippen LogP contribution in [0.1, 0.15) is 24.6 Å². The topological polar surface area (TPSA) is 29.3 Å². The second kappa shape index (κ2) is 5.63. The van der Waals surface area contributed by atoms with Crippen LogP contribution >= 0.6 is 27.3 Å². The summed E-state index contributed by atoms with van der Waals surface area (Å²) in [5.41, 5.74) is 5.95. The molecule has 16 heavy (non-hydrogen) atoms. The molecule has 0 amide bonds. The molecule has 0 aliphatic carbocycles. The summed E-state index contributed by atoms with van der Waals surface area (Å²) >= 11 is 5.43. The third-order valence-corrected chi connectivity index (χ3v) is 5.35. The highest BCUT2D eigenvalue weighted by atomic mass is 79.9. The molecule has 0 radical (unpaired) electrons. The van der Waals surface area contributed by atoms with E-state index in [1.165, 1.54) is 35.3 Å². The van der Waals surface area contributed by atoms with Gasteiger partial charge in [-0.2, -0.15) is 0 Å². The van der Waals surface area contributed by atoms with Gasteiger partial charge in [0, 0.05) is 21.9 Å². The van der Waals surface area contributed by atoms with Crippen molar-refractivity contribution >= 4 is 27.3 Å². The first-order chi connectivity index (χ1) is 7.66. The van der Waals surface area contributed by atoms with E-state index in [0.717, 1.165) is 12.5 Å². The Morgan fingerprint density at radius 1 is 1.56 bits per heavy atom. The van der Waals surface area contributed by atoms with Crippen molar-refractivity contribution in [1.82, 2.24) is 4.90 Å². The summed E-state index contributed by atoms with van der Waals surface area (Å²) in [6.07, 6.45) is 2.50. The van der Waals surface area contributed by atoms with E-state index in [2.05, 4.69) is 39.2 Å². The summed E-state index contributed by atoms with van der Waals surface area (Å²) in [6, 6.07) is 2.49. The van der Waals surface area contributed by atoms with Crippen molar-refractivity contribution in [2.24, 2.45) is 11.7 Å². The number of rotatable bonds is 3. The summed E-state index contributed by atoms with van der Waals surface area (Å²) in [6.45, 7) is 5.60. The van der Waals surface area contributed by atoms with Crippen LogP contribution in [0.4, 0.5) is 0 Å². The Balaban J connectivity index is 1.84. The third-order valence-electron chi connectivity index (χ3n) is 3.43. The Morgan fingerprint density at radius 2 is 2.25 bits per heavy atom. The van der Waals surface area contributed by atoms with Crippen LogP contribution in [0.5, 0.6) is 0 Å². The van der Waals surface area contributed by atoms with Gasteiger partial charge in [0.1, 0.15) is 0 Å². The molecule has 1 aromatic rings. The Kier molecular flexibility index (Phi) is 4.41. The molecule has 0 saturated carbocycles. The highest BCUT2D eigenvalue weighted by Gasteiger charge is 2.22. The van der Waals surface area contributed by atoms with Crippen LogP contribution in [0.15, 0.2) is 15.9 Å². The molecule has 0 aromatic carbocycles. The molecule has 1 fully saturated rings. The molecule has 1 saturated heterocycles. The molecule has 1 atom stereocenters. The lowest BCUT2D eigenvalue weighted by atomic mass is 9.91. The third kappa shape index (κ3) is 3.06. The number of thiophene rings is 1. The molecule has 1 aromatic heterocycles. The van der Waals surface area contributed by atoms with Crippen molar-refractivity contribution in [2.45, 2.75) is 32.4 Å². The number of nitrogens with zero attached hydrogens (tertiary/aromatic N) is 1. The van der Waals surface area contributed by atoms with Crippen molar-refractivity contribution in [3.05, 3.63) is 20.8 Å². The zero-order chi connectivity index (χ0) is 11.5. The molecule has 0 bridgehead atoms. The van der Waals surface area contributed by atoms with Gasteiger partial charge < -0.3 is 5.73 Å². The average Bonchev–Trinajstić information content (AvgIpc) is 2.65. The minimum atomic E-state index is 0.357. The van der Waals surface area contributed by atoms with Crippen LogP contribution in [-0.4, -0.2) is 24.0 Å². The van der Waals surface area contributed by atoms with Crippen molar-refractivity contribution in [3.63, 3.8) is 0 Å². The molecular weight excluding hydrogens is 284 g/mol. The maximum atomic E-state index is 5.95. The van der Waals surface area contributed by atoms with E-state index in [0.29, 0.717) is 6.04 Å². The predicted molar refractivity (Wildman–Crippen MR) is 73.7 cm³/mol. The van der Waals surface area contributed by atoms with Gasteiger partial charge in [-0.15, -0.1) is 11.3 Å². The van der Waals surface area contributed by atoms with E-state index in [1.54, 1.807) is 0 Å². The van der Waals surface area contributed by atoms with E-state index in [4.69, 9.17) is 5.73 Å². The summed E-state index contributed by atoms with van der Waals surface area (Å²) in [4.78, 5) is 3.98. The largest absolute Gasteiger partial charge is 0.328 e. The van der Waals surface area contributed by atoms with Crippen LogP contribution in [-0.2, 0) is 6.54 Å². The van der Waals surface area contributed by atoms with Crippen LogP contribution in [0.25, 0.3) is 0 Å². The van der Waals surface area contributed by atoms with E-state index in [9.17, 15) is 0 Å². The second-order valence-corrected chi connectivity index (χ2v) is 6.52. The van der Waals surface area contributed by atoms with Gasteiger partial charge >= 0.3 is 0 Å². The number of hydrogen-bond donors (Lipinski definition) is 1. The Bertz CT molecular complexity index is 330. The first-order valence-corrected chi connectivity index (χ1v) is 7.54. The lowest BCUT2D eigenvalue weighted by Crippen LogP contribution is -2.39. The molecule has 1 unspecified atom stereocenters. The molecule has 0 spiro atoms. The molecular formula is C12H19BrN2S. The van der Waals surface area contributed by atoms with E-state index in [-0.39, 0.29) is 0 Å². The monoisotopic (exact) mass is 302 g/mol. The normalized spacial score (nSPS) is 21.2. The van der Waals surface area contributed by atoms with E-state index >= 15 is 0 Å². The average molecular weight is 303 g/mol. The fourth-order valence-electron chi connectivity index (χ4n) is 2.28. The highest BCUT2D eigenvalue weighted by Crippen LogP contribution is 2.27. The van der Waals surface area contributed by atoms with E-state index < -0.39 is 0 Å². The molecule has 1 aliphatic rings. The summed E-state index contributed by atoms with van der Waals surface area (Å²) < 4.78 is 1.26. The van der Waals surface area contributed by atoms with Crippen molar-refractivity contribution < 1.29 is 0 Å². The first kappa shape index (κ1) is 12.6. The van der Waals surface area contributed by atoms with Crippen LogP contribution in [0, 0.1) is 5.92 Å².